The van der Waals surface area contributed by atoms with Crippen LogP contribution in [0.15, 0.2) is 107 Å². The van der Waals surface area contributed by atoms with Gasteiger partial charge in [-0.3, -0.25) is 19.6 Å². The Balaban J connectivity index is 1.34. The molecule has 2 amide bonds. The Bertz CT molecular complexity index is 2020. The van der Waals surface area contributed by atoms with Gasteiger partial charge in [0.15, 0.2) is 0 Å². The molecule has 4 rings (SSSR count). The molecule has 0 radical (unpaired) electrons. The van der Waals surface area contributed by atoms with Crippen LogP contribution < -0.4 is 53.8 Å². The van der Waals surface area contributed by atoms with E-state index in [1.165, 1.54) is 10.0 Å². The Kier molecular flexibility index (Phi) is 17.0. The van der Waals surface area contributed by atoms with E-state index < -0.39 is 24.0 Å². The molecule has 0 bridgehead atoms. The Labute approximate surface area is 355 Å². The topological polar surface area (TPSA) is 275 Å². The number of aryl methyl sites for hydroxylation is 2. The quantitative estimate of drug-likeness (QED) is 0.0247. The number of aliphatic carboxylic acids is 2. The van der Waals surface area contributed by atoms with Gasteiger partial charge in [-0.25, -0.2) is 21.3 Å². The molecule has 20 heteroatoms. The van der Waals surface area contributed by atoms with Gasteiger partial charge < -0.3 is 42.3 Å². The minimum Gasteiger partial charge on any atom is -0.480 e. The van der Waals surface area contributed by atoms with Crippen LogP contribution in [-0.4, -0.2) is 69.5 Å². The first kappa shape index (κ1) is 46.2. The van der Waals surface area contributed by atoms with Crippen LogP contribution >= 0.6 is 21.6 Å². The summed E-state index contributed by atoms with van der Waals surface area (Å²) in [7, 11) is 1.99. The van der Waals surface area contributed by atoms with Crippen molar-refractivity contribution in [2.75, 3.05) is 43.5 Å². The molecule has 0 fully saturated rings. The van der Waals surface area contributed by atoms with Crippen molar-refractivity contribution < 1.29 is 29.4 Å². The standard InChI is InChI=1S/C40H50N12O6S2/c1-25-11-15-31(16-12-25)49(27(3)37(55)56)21-19-35(53)45-29-7-5-9-33(23-29)51(43)39(47-41)59-60-40(48-42)52(44)34-10-6-8-30(24-34)46-36(54)20-22-50(28(4)38(57)58)32-17-13-26(2)14-18-32/h5-18,23-24,27-28H,19-22,41-44H2,1-4H3,(H,45,53)(H,46,54)(H,55,56)(H,57,58)/b47-39+,48-40+. The molecule has 0 aliphatic carbocycles. The molecule has 4 aromatic rings. The summed E-state index contributed by atoms with van der Waals surface area (Å²) in [6.45, 7) is 7.32. The summed E-state index contributed by atoms with van der Waals surface area (Å²) in [6, 6.07) is 26.4. The SMILES string of the molecule is Cc1ccc(N(CCC(=O)Nc2cccc(N(N)/C(=N\N)SS/C(=N/N)N(N)c3cccc(NC(=O)CCN(c4ccc(C)cc4)C(C)C(=O)O)c3)c2)C(C)C(=O)O)cc1. The maximum atomic E-state index is 13.0. The summed E-state index contributed by atoms with van der Waals surface area (Å²) in [4.78, 5) is 53.0. The summed E-state index contributed by atoms with van der Waals surface area (Å²) >= 11 is 0. The maximum absolute atomic E-state index is 13.0. The number of hydrogen-bond acceptors (Lipinski definition) is 14. The van der Waals surface area contributed by atoms with E-state index in [0.29, 0.717) is 34.1 Å². The molecule has 18 nitrogen and oxygen atoms in total. The van der Waals surface area contributed by atoms with Crippen LogP contribution in [0, 0.1) is 13.8 Å². The Morgan fingerprint density at radius 1 is 0.600 bits per heavy atom. The first-order valence-electron chi connectivity index (χ1n) is 18.5. The van der Waals surface area contributed by atoms with E-state index >= 15 is 0 Å². The minimum absolute atomic E-state index is 0.0113. The van der Waals surface area contributed by atoms with Crippen LogP contribution in [-0.2, 0) is 19.2 Å². The van der Waals surface area contributed by atoms with Gasteiger partial charge in [-0.15, -0.1) is 0 Å². The summed E-state index contributed by atoms with van der Waals surface area (Å²) in [6.07, 6.45) is 0.0225. The van der Waals surface area contributed by atoms with E-state index in [9.17, 15) is 29.4 Å². The molecular weight excluding hydrogens is 809 g/mol. The lowest BCUT2D eigenvalue weighted by Gasteiger charge is -2.28. The average Bonchev–Trinajstić information content (AvgIpc) is 3.23. The normalized spacial score (nSPS) is 12.5. The average molecular weight is 859 g/mol. The molecule has 0 aliphatic heterocycles. The molecule has 12 N–H and O–H groups in total. The van der Waals surface area contributed by atoms with E-state index in [0.717, 1.165) is 32.7 Å². The second-order valence-electron chi connectivity index (χ2n) is 13.5. The number of amidine groups is 2. The minimum atomic E-state index is -1.01. The Morgan fingerprint density at radius 2 is 0.950 bits per heavy atom. The predicted octanol–water partition coefficient (Wildman–Crippen LogP) is 4.82. The van der Waals surface area contributed by atoms with Crippen molar-refractivity contribution in [2.24, 2.45) is 33.6 Å². The van der Waals surface area contributed by atoms with Crippen molar-refractivity contribution >= 4 is 89.8 Å². The van der Waals surface area contributed by atoms with Gasteiger partial charge in [-0.2, -0.15) is 10.2 Å². The number of nitrogens with one attached hydrogen (secondary N) is 2. The highest BCUT2D eigenvalue weighted by Crippen LogP contribution is 2.31. The van der Waals surface area contributed by atoms with Crippen LogP contribution in [0.4, 0.5) is 34.1 Å². The zero-order valence-electron chi connectivity index (χ0n) is 33.6. The smallest absolute Gasteiger partial charge is 0.326 e. The fourth-order valence-corrected chi connectivity index (χ4v) is 7.53. The molecule has 4 aromatic carbocycles. The third-order valence-corrected chi connectivity index (χ3v) is 11.3. The summed E-state index contributed by atoms with van der Waals surface area (Å²) in [5, 5.41) is 35.2. The molecule has 2 atom stereocenters. The third-order valence-electron chi connectivity index (χ3n) is 9.18. The van der Waals surface area contributed by atoms with E-state index in [1.54, 1.807) is 72.2 Å². The second-order valence-corrected chi connectivity index (χ2v) is 15.6. The summed E-state index contributed by atoms with van der Waals surface area (Å²) < 4.78 is 0. The molecule has 60 heavy (non-hydrogen) atoms. The molecular formula is C40H50N12O6S2. The monoisotopic (exact) mass is 858 g/mol. The van der Waals surface area contributed by atoms with Crippen molar-refractivity contribution in [3.05, 3.63) is 108 Å². The van der Waals surface area contributed by atoms with E-state index in [4.69, 9.17) is 23.4 Å². The van der Waals surface area contributed by atoms with Crippen LogP contribution in [0.25, 0.3) is 0 Å². The molecule has 318 valence electrons. The van der Waals surface area contributed by atoms with Gasteiger partial charge in [0.25, 0.3) is 0 Å². The number of amides is 2. The molecule has 0 aliphatic rings. The number of carboxylic acids is 2. The fraction of sp³-hybridized carbons (Fsp3) is 0.250. The van der Waals surface area contributed by atoms with Gasteiger partial charge in [0.2, 0.25) is 22.1 Å². The van der Waals surface area contributed by atoms with Crippen LogP contribution in [0.5, 0.6) is 0 Å². The number of benzene rings is 4. The number of nitrogens with zero attached hydrogens (tertiary/aromatic N) is 6. The maximum Gasteiger partial charge on any atom is 0.326 e. The zero-order valence-corrected chi connectivity index (χ0v) is 35.2. The molecule has 0 heterocycles. The molecule has 0 saturated heterocycles. The first-order valence-corrected chi connectivity index (χ1v) is 20.7. The molecule has 2 unspecified atom stereocenters. The number of hydrazine groups is 2. The summed E-state index contributed by atoms with van der Waals surface area (Å²) in [5.74, 6) is 21.6. The number of carbonyl (C=O) groups is 4. The second kappa shape index (κ2) is 22.0. The number of rotatable bonds is 16. The van der Waals surface area contributed by atoms with Gasteiger partial charge in [-0.05, 0) is 110 Å². The molecule has 0 spiro atoms. The van der Waals surface area contributed by atoms with Crippen molar-refractivity contribution in [2.45, 2.75) is 52.6 Å². The van der Waals surface area contributed by atoms with Crippen molar-refractivity contribution in [1.82, 2.24) is 0 Å². The molecule has 0 aromatic heterocycles. The lowest BCUT2D eigenvalue weighted by molar-refractivity contribution is -0.139. The predicted molar refractivity (Wildman–Crippen MR) is 242 cm³/mol. The number of nitrogens with two attached hydrogens (primary N) is 4. The zero-order chi connectivity index (χ0) is 43.9. The van der Waals surface area contributed by atoms with Gasteiger partial charge in [0, 0.05) is 48.7 Å². The highest BCUT2D eigenvalue weighted by molar-refractivity contribution is 8.87. The van der Waals surface area contributed by atoms with Gasteiger partial charge >= 0.3 is 11.9 Å². The van der Waals surface area contributed by atoms with E-state index in [1.807, 2.05) is 62.4 Å². The van der Waals surface area contributed by atoms with Crippen molar-refractivity contribution in [3.63, 3.8) is 0 Å². The number of hydrogen-bond donors (Lipinski definition) is 8. The Morgan fingerprint density at radius 3 is 1.27 bits per heavy atom. The lowest BCUT2D eigenvalue weighted by Crippen LogP contribution is -2.40. The van der Waals surface area contributed by atoms with Crippen molar-refractivity contribution in [1.29, 1.82) is 0 Å². The van der Waals surface area contributed by atoms with Crippen LogP contribution in [0.3, 0.4) is 0 Å². The van der Waals surface area contributed by atoms with E-state index in [2.05, 4.69) is 20.8 Å². The Hall–Kier alpha value is -6.48. The van der Waals surface area contributed by atoms with Gasteiger partial charge in [-0.1, -0.05) is 47.5 Å². The van der Waals surface area contributed by atoms with Crippen molar-refractivity contribution in [3.8, 4) is 0 Å². The van der Waals surface area contributed by atoms with Crippen LogP contribution in [0.2, 0.25) is 0 Å². The number of hydrazone groups is 2. The summed E-state index contributed by atoms with van der Waals surface area (Å²) in [5.41, 5.74) is 5.13. The first-order chi connectivity index (χ1) is 28.6. The van der Waals surface area contributed by atoms with E-state index in [-0.39, 0.29) is 48.1 Å². The largest absolute Gasteiger partial charge is 0.480 e. The lowest BCUT2D eigenvalue weighted by atomic mass is 10.1. The van der Waals surface area contributed by atoms with Gasteiger partial charge in [0.05, 0.1) is 11.4 Å². The number of carboxylic acid groups (broad SMARTS) is 2. The van der Waals surface area contributed by atoms with Crippen LogP contribution in [0.1, 0.15) is 37.8 Å². The highest BCUT2D eigenvalue weighted by Gasteiger charge is 2.24. The molecule has 0 saturated carbocycles. The number of anilines is 6. The highest BCUT2D eigenvalue weighted by atomic mass is 33.1. The fourth-order valence-electron chi connectivity index (χ4n) is 5.73. The third kappa shape index (κ3) is 13.0. The number of carbonyl (C=O) groups excluding carboxylic acids is 2. The van der Waals surface area contributed by atoms with Gasteiger partial charge in [0.1, 0.15) is 12.1 Å².